The van der Waals surface area contributed by atoms with Gasteiger partial charge >= 0.3 is 6.18 Å². The van der Waals surface area contributed by atoms with Gasteiger partial charge in [0.15, 0.2) is 0 Å². The van der Waals surface area contributed by atoms with E-state index < -0.39 is 17.6 Å². The van der Waals surface area contributed by atoms with Gasteiger partial charge in [-0.2, -0.15) is 13.2 Å². The second kappa shape index (κ2) is 9.82. The number of nitrogens with one attached hydrogen (secondary N) is 1. The van der Waals surface area contributed by atoms with Crippen LogP contribution in [0.25, 0.3) is 0 Å². The number of halogens is 3. The number of rotatable bonds is 7. The Bertz CT molecular complexity index is 868. The summed E-state index contributed by atoms with van der Waals surface area (Å²) >= 11 is 0. The predicted octanol–water partition coefficient (Wildman–Crippen LogP) is 3.76. The smallest absolute Gasteiger partial charge is 0.416 e. The van der Waals surface area contributed by atoms with E-state index in [-0.39, 0.29) is 17.0 Å². The minimum absolute atomic E-state index is 0.0161. The minimum Gasteiger partial charge on any atom is -0.507 e. The van der Waals surface area contributed by atoms with Crippen molar-refractivity contribution in [1.82, 2.24) is 4.90 Å². The molecule has 1 aliphatic heterocycles. The van der Waals surface area contributed by atoms with Crippen molar-refractivity contribution < 1.29 is 32.5 Å². The van der Waals surface area contributed by atoms with Gasteiger partial charge in [0.2, 0.25) is 0 Å². The van der Waals surface area contributed by atoms with Gasteiger partial charge in [-0.1, -0.05) is 6.07 Å². The fourth-order valence-electron chi connectivity index (χ4n) is 3.07. The van der Waals surface area contributed by atoms with Crippen LogP contribution in [0.3, 0.4) is 0 Å². The van der Waals surface area contributed by atoms with E-state index in [0.717, 1.165) is 51.4 Å². The minimum atomic E-state index is -4.51. The number of alkyl halides is 3. The number of carbonyl (C=O) groups is 1. The zero-order valence-corrected chi connectivity index (χ0v) is 16.2. The first-order valence-corrected chi connectivity index (χ1v) is 9.57. The number of benzene rings is 2. The Morgan fingerprint density at radius 3 is 2.63 bits per heavy atom. The van der Waals surface area contributed by atoms with Crippen molar-refractivity contribution in [3.05, 3.63) is 53.6 Å². The zero-order chi connectivity index (χ0) is 21.6. The molecule has 0 saturated carbocycles. The molecule has 162 valence electrons. The second-order valence-corrected chi connectivity index (χ2v) is 6.87. The van der Waals surface area contributed by atoms with Gasteiger partial charge < -0.3 is 19.9 Å². The van der Waals surface area contributed by atoms with E-state index >= 15 is 0 Å². The fraction of sp³-hybridized carbons (Fsp3) is 0.381. The van der Waals surface area contributed by atoms with Crippen molar-refractivity contribution in [1.29, 1.82) is 0 Å². The molecule has 1 heterocycles. The standard InChI is InChI=1S/C21H23F3N2O4/c22-21(23,24)15-3-1-4-16(13-15)25-20(28)18-6-5-17(14-19(18)27)30-10-2-7-26-8-11-29-12-9-26/h1,3-6,13-14,27H,2,7-12H2,(H,25,28). The van der Waals surface area contributed by atoms with Crippen molar-refractivity contribution in [2.24, 2.45) is 0 Å². The van der Waals surface area contributed by atoms with E-state index in [2.05, 4.69) is 10.2 Å². The summed E-state index contributed by atoms with van der Waals surface area (Å²) in [6.45, 7) is 4.60. The average molecular weight is 424 g/mol. The molecule has 0 spiro atoms. The lowest BCUT2D eigenvalue weighted by Gasteiger charge is -2.26. The van der Waals surface area contributed by atoms with Crippen LogP contribution in [0, 0.1) is 0 Å². The average Bonchev–Trinajstić information content (AvgIpc) is 2.71. The molecule has 2 N–H and O–H groups in total. The molecule has 0 bridgehead atoms. The maximum absolute atomic E-state index is 12.8. The van der Waals surface area contributed by atoms with E-state index in [1.165, 1.54) is 30.3 Å². The molecule has 1 aliphatic rings. The summed E-state index contributed by atoms with van der Waals surface area (Å²) in [7, 11) is 0. The van der Waals surface area contributed by atoms with E-state index in [1.54, 1.807) is 0 Å². The summed E-state index contributed by atoms with van der Waals surface area (Å²) in [5.74, 6) is -0.624. The molecule has 9 heteroatoms. The van der Waals surface area contributed by atoms with Crippen LogP contribution >= 0.6 is 0 Å². The van der Waals surface area contributed by atoms with Crippen LogP contribution in [0.4, 0.5) is 18.9 Å². The van der Waals surface area contributed by atoms with Crippen LogP contribution in [-0.4, -0.2) is 55.4 Å². The lowest BCUT2D eigenvalue weighted by atomic mass is 10.1. The van der Waals surface area contributed by atoms with Crippen molar-refractivity contribution in [3.63, 3.8) is 0 Å². The first kappa shape index (κ1) is 21.9. The van der Waals surface area contributed by atoms with Crippen LogP contribution in [0.1, 0.15) is 22.3 Å². The first-order valence-electron chi connectivity index (χ1n) is 9.57. The zero-order valence-electron chi connectivity index (χ0n) is 16.2. The third-order valence-corrected chi connectivity index (χ3v) is 4.65. The van der Waals surface area contributed by atoms with Crippen molar-refractivity contribution in [3.8, 4) is 11.5 Å². The molecule has 0 aromatic heterocycles. The summed E-state index contributed by atoms with van der Waals surface area (Å²) in [6, 6.07) is 8.52. The normalized spacial score (nSPS) is 15.0. The highest BCUT2D eigenvalue weighted by molar-refractivity contribution is 6.06. The number of anilines is 1. The van der Waals surface area contributed by atoms with Gasteiger partial charge in [0.25, 0.3) is 5.91 Å². The Balaban J connectivity index is 1.53. The molecule has 1 saturated heterocycles. The molecule has 0 radical (unpaired) electrons. The molecule has 2 aromatic rings. The molecule has 6 nitrogen and oxygen atoms in total. The molecule has 2 aromatic carbocycles. The lowest BCUT2D eigenvalue weighted by Crippen LogP contribution is -2.37. The van der Waals surface area contributed by atoms with Crippen LogP contribution in [0.5, 0.6) is 11.5 Å². The molecule has 3 rings (SSSR count). The molecular formula is C21H23F3N2O4. The van der Waals surface area contributed by atoms with E-state index in [1.807, 2.05) is 0 Å². The van der Waals surface area contributed by atoms with Crippen molar-refractivity contribution in [2.45, 2.75) is 12.6 Å². The fourth-order valence-corrected chi connectivity index (χ4v) is 3.07. The topological polar surface area (TPSA) is 71.0 Å². The summed E-state index contributed by atoms with van der Waals surface area (Å²) in [6.07, 6.45) is -3.71. The maximum atomic E-state index is 12.8. The van der Waals surface area contributed by atoms with Crippen LogP contribution in [-0.2, 0) is 10.9 Å². The summed E-state index contributed by atoms with van der Waals surface area (Å²) in [5, 5.41) is 12.5. The number of phenolic OH excluding ortho intramolecular Hbond substituents is 1. The predicted molar refractivity (Wildman–Crippen MR) is 105 cm³/mol. The van der Waals surface area contributed by atoms with E-state index in [4.69, 9.17) is 9.47 Å². The number of aromatic hydroxyl groups is 1. The number of morpholine rings is 1. The highest BCUT2D eigenvalue weighted by atomic mass is 19.4. The Kier molecular flexibility index (Phi) is 7.17. The summed E-state index contributed by atoms with van der Waals surface area (Å²) < 4.78 is 49.3. The molecule has 0 unspecified atom stereocenters. The lowest BCUT2D eigenvalue weighted by molar-refractivity contribution is -0.137. The van der Waals surface area contributed by atoms with Gasteiger partial charge in [-0.05, 0) is 36.8 Å². The molecule has 30 heavy (non-hydrogen) atoms. The number of nitrogens with zero attached hydrogens (tertiary/aromatic N) is 1. The van der Waals surface area contributed by atoms with Crippen molar-refractivity contribution >= 4 is 11.6 Å². The van der Waals surface area contributed by atoms with Gasteiger partial charge in [0.05, 0.1) is 30.9 Å². The highest BCUT2D eigenvalue weighted by Gasteiger charge is 2.30. The Hall–Kier alpha value is -2.78. The number of amides is 1. The van der Waals surface area contributed by atoms with Crippen LogP contribution in [0.15, 0.2) is 42.5 Å². The SMILES string of the molecule is O=C(Nc1cccc(C(F)(F)F)c1)c1ccc(OCCCN2CCOCC2)cc1O. The number of carbonyl (C=O) groups excluding carboxylic acids is 1. The quantitative estimate of drug-likeness (QED) is 0.663. The molecule has 1 amide bonds. The number of hydrogen-bond acceptors (Lipinski definition) is 5. The van der Waals surface area contributed by atoms with Gasteiger partial charge in [-0.3, -0.25) is 9.69 Å². The van der Waals surface area contributed by atoms with Crippen molar-refractivity contribution in [2.75, 3.05) is 44.8 Å². The second-order valence-electron chi connectivity index (χ2n) is 6.87. The number of phenols is 1. The van der Waals surface area contributed by atoms with E-state index in [9.17, 15) is 23.1 Å². The monoisotopic (exact) mass is 424 g/mol. The Morgan fingerprint density at radius 2 is 1.93 bits per heavy atom. The van der Waals surface area contributed by atoms with Gasteiger partial charge in [0.1, 0.15) is 11.5 Å². The Morgan fingerprint density at radius 1 is 1.17 bits per heavy atom. The van der Waals surface area contributed by atoms with Gasteiger partial charge in [-0.15, -0.1) is 0 Å². The first-order chi connectivity index (χ1) is 14.3. The van der Waals surface area contributed by atoms with Crippen LogP contribution < -0.4 is 10.1 Å². The van der Waals surface area contributed by atoms with Gasteiger partial charge in [0, 0.05) is 31.4 Å². The molecule has 0 aliphatic carbocycles. The molecule has 0 atom stereocenters. The van der Waals surface area contributed by atoms with E-state index in [0.29, 0.717) is 12.4 Å². The Labute approximate surface area is 172 Å². The number of hydrogen-bond donors (Lipinski definition) is 2. The van der Waals surface area contributed by atoms with Crippen LogP contribution in [0.2, 0.25) is 0 Å². The summed E-state index contributed by atoms with van der Waals surface area (Å²) in [4.78, 5) is 14.6. The third kappa shape index (κ3) is 6.11. The number of ether oxygens (including phenoxy) is 2. The molecular weight excluding hydrogens is 401 g/mol. The largest absolute Gasteiger partial charge is 0.507 e. The third-order valence-electron chi connectivity index (χ3n) is 4.65. The highest BCUT2D eigenvalue weighted by Crippen LogP contribution is 2.31. The summed E-state index contributed by atoms with van der Waals surface area (Å²) in [5.41, 5.74) is -0.948. The molecule has 1 fully saturated rings. The van der Waals surface area contributed by atoms with Gasteiger partial charge in [-0.25, -0.2) is 0 Å². The maximum Gasteiger partial charge on any atom is 0.416 e.